The maximum absolute atomic E-state index is 13.0. The summed E-state index contributed by atoms with van der Waals surface area (Å²) in [5.74, 6) is 0.387. The van der Waals surface area contributed by atoms with E-state index in [2.05, 4.69) is 10.0 Å². The van der Waals surface area contributed by atoms with Crippen LogP contribution in [0.4, 0.5) is 5.69 Å². The molecule has 0 spiro atoms. The molecule has 3 aromatic carbocycles. The fourth-order valence-electron chi connectivity index (χ4n) is 3.30. The molecule has 0 atom stereocenters. The van der Waals surface area contributed by atoms with Gasteiger partial charge in [0.05, 0.1) is 12.0 Å². The van der Waals surface area contributed by atoms with Crippen LogP contribution in [0.2, 0.25) is 0 Å². The van der Waals surface area contributed by atoms with Gasteiger partial charge in [-0.3, -0.25) is 9.52 Å². The zero-order valence-electron chi connectivity index (χ0n) is 18.0. The second-order valence-corrected chi connectivity index (χ2v) is 9.14. The summed E-state index contributed by atoms with van der Waals surface area (Å²) in [7, 11) is -2.26. The minimum Gasteiger partial charge on any atom is -0.497 e. The molecule has 0 radical (unpaired) electrons. The largest absolute Gasteiger partial charge is 0.497 e. The van der Waals surface area contributed by atoms with Crippen LogP contribution in [0.25, 0.3) is 0 Å². The molecule has 0 fully saturated rings. The van der Waals surface area contributed by atoms with Crippen molar-refractivity contribution in [3.8, 4) is 5.75 Å². The van der Waals surface area contributed by atoms with Crippen molar-refractivity contribution in [3.05, 3.63) is 88.5 Å². The molecule has 0 bridgehead atoms. The number of aryl methyl sites for hydroxylation is 3. The molecule has 0 aliphatic carbocycles. The minimum absolute atomic E-state index is 0.0729. The van der Waals surface area contributed by atoms with E-state index in [0.29, 0.717) is 17.8 Å². The molecule has 0 aliphatic rings. The van der Waals surface area contributed by atoms with Crippen molar-refractivity contribution in [2.75, 3.05) is 11.8 Å². The van der Waals surface area contributed by atoms with Gasteiger partial charge in [-0.2, -0.15) is 0 Å². The maximum atomic E-state index is 13.0. The summed E-state index contributed by atoms with van der Waals surface area (Å²) in [6, 6.07) is 17.5. The summed E-state index contributed by atoms with van der Waals surface area (Å²) in [6.07, 6.45) is 0. The Balaban J connectivity index is 1.78. The highest BCUT2D eigenvalue weighted by Gasteiger charge is 2.19. The summed E-state index contributed by atoms with van der Waals surface area (Å²) in [5, 5.41) is 2.82. The lowest BCUT2D eigenvalue weighted by atomic mass is 10.1. The number of anilines is 1. The van der Waals surface area contributed by atoms with Gasteiger partial charge in [0.25, 0.3) is 15.9 Å². The Morgan fingerprint density at radius 2 is 1.55 bits per heavy atom. The van der Waals surface area contributed by atoms with Gasteiger partial charge in [0, 0.05) is 17.8 Å². The highest BCUT2D eigenvalue weighted by molar-refractivity contribution is 7.92. The molecule has 162 valence electrons. The van der Waals surface area contributed by atoms with E-state index in [0.717, 1.165) is 22.4 Å². The molecule has 7 heteroatoms. The fraction of sp³-hybridized carbons (Fsp3) is 0.208. The first-order valence-electron chi connectivity index (χ1n) is 9.81. The van der Waals surface area contributed by atoms with Crippen LogP contribution in [0, 0.1) is 20.8 Å². The first-order chi connectivity index (χ1) is 14.7. The lowest BCUT2D eigenvalue weighted by Gasteiger charge is -2.13. The van der Waals surface area contributed by atoms with Crippen LogP contribution in [0.15, 0.2) is 65.6 Å². The number of methoxy groups -OCH3 is 1. The Hall–Kier alpha value is -3.32. The van der Waals surface area contributed by atoms with Crippen molar-refractivity contribution in [1.29, 1.82) is 0 Å². The molecule has 3 aromatic rings. The van der Waals surface area contributed by atoms with Gasteiger partial charge < -0.3 is 10.1 Å². The first kappa shape index (κ1) is 22.4. The Morgan fingerprint density at radius 3 is 2.16 bits per heavy atom. The Morgan fingerprint density at radius 1 is 0.903 bits per heavy atom. The van der Waals surface area contributed by atoms with Gasteiger partial charge in [0.2, 0.25) is 0 Å². The average molecular weight is 439 g/mol. The average Bonchev–Trinajstić information content (AvgIpc) is 2.71. The number of hydrogen-bond acceptors (Lipinski definition) is 4. The lowest BCUT2D eigenvalue weighted by molar-refractivity contribution is 0.0950. The normalized spacial score (nSPS) is 11.1. The number of rotatable bonds is 7. The molecule has 2 N–H and O–H groups in total. The van der Waals surface area contributed by atoms with E-state index in [1.165, 1.54) is 6.07 Å². The quantitative estimate of drug-likeness (QED) is 0.574. The van der Waals surface area contributed by atoms with Crippen LogP contribution in [0.3, 0.4) is 0 Å². The van der Waals surface area contributed by atoms with Crippen molar-refractivity contribution in [1.82, 2.24) is 5.32 Å². The highest BCUT2D eigenvalue weighted by Crippen LogP contribution is 2.22. The summed E-state index contributed by atoms with van der Waals surface area (Å²) in [4.78, 5) is 12.7. The molecule has 1 amide bonds. The minimum atomic E-state index is -3.85. The first-order valence-corrected chi connectivity index (χ1v) is 11.3. The van der Waals surface area contributed by atoms with Crippen molar-refractivity contribution < 1.29 is 17.9 Å². The van der Waals surface area contributed by atoms with E-state index in [9.17, 15) is 13.2 Å². The fourth-order valence-corrected chi connectivity index (χ4v) is 4.61. The van der Waals surface area contributed by atoms with Crippen LogP contribution in [-0.4, -0.2) is 21.4 Å². The Labute approximate surface area is 183 Å². The third kappa shape index (κ3) is 5.64. The zero-order chi connectivity index (χ0) is 22.6. The number of sulfonamides is 1. The molecule has 0 saturated heterocycles. The molecule has 0 heterocycles. The van der Waals surface area contributed by atoms with Crippen LogP contribution in [-0.2, 0) is 16.6 Å². The van der Waals surface area contributed by atoms with Crippen molar-refractivity contribution in [3.63, 3.8) is 0 Å². The Bertz CT molecular complexity index is 1180. The zero-order valence-corrected chi connectivity index (χ0v) is 18.8. The summed E-state index contributed by atoms with van der Waals surface area (Å²) >= 11 is 0. The molecule has 3 rings (SSSR count). The smallest absolute Gasteiger partial charge is 0.262 e. The van der Waals surface area contributed by atoms with Gasteiger partial charge in [0.15, 0.2) is 0 Å². The number of nitrogens with one attached hydrogen (secondary N) is 2. The summed E-state index contributed by atoms with van der Waals surface area (Å²) < 4.78 is 33.8. The topological polar surface area (TPSA) is 84.5 Å². The van der Waals surface area contributed by atoms with Gasteiger partial charge in [-0.1, -0.05) is 24.3 Å². The molecule has 31 heavy (non-hydrogen) atoms. The van der Waals surface area contributed by atoms with E-state index < -0.39 is 10.0 Å². The van der Waals surface area contributed by atoms with Crippen molar-refractivity contribution in [2.45, 2.75) is 32.2 Å². The SMILES string of the molecule is COc1ccc(CNC(=O)c2ccc(C)c(S(=O)(=O)Nc3cc(C)cc(C)c3)c2)cc1. The number of benzene rings is 3. The molecule has 0 saturated carbocycles. The van der Waals surface area contributed by atoms with E-state index >= 15 is 0 Å². The third-order valence-corrected chi connectivity index (χ3v) is 6.35. The van der Waals surface area contributed by atoms with E-state index in [1.807, 2.05) is 44.2 Å². The van der Waals surface area contributed by atoms with Crippen LogP contribution in [0.5, 0.6) is 5.75 Å². The predicted molar refractivity (Wildman–Crippen MR) is 122 cm³/mol. The van der Waals surface area contributed by atoms with Crippen LogP contribution >= 0.6 is 0 Å². The monoisotopic (exact) mass is 438 g/mol. The number of carbonyl (C=O) groups excluding carboxylic acids is 1. The predicted octanol–water partition coefficient (Wildman–Crippen LogP) is 4.35. The standard InChI is InChI=1S/C24H26N2O4S/c1-16-11-17(2)13-21(12-16)26-31(28,29)23-14-20(8-5-18(23)3)24(27)25-15-19-6-9-22(30-4)10-7-19/h5-14,26H,15H2,1-4H3,(H,25,27). The molecular formula is C24H26N2O4S. The number of ether oxygens (including phenoxy) is 1. The molecular weight excluding hydrogens is 412 g/mol. The van der Waals surface area contributed by atoms with Crippen molar-refractivity contribution >= 4 is 21.6 Å². The number of amides is 1. The van der Waals surface area contributed by atoms with E-state index in [4.69, 9.17) is 4.74 Å². The van der Waals surface area contributed by atoms with Gasteiger partial charge >= 0.3 is 0 Å². The van der Waals surface area contributed by atoms with E-state index in [-0.39, 0.29) is 16.4 Å². The van der Waals surface area contributed by atoms with Gasteiger partial charge in [-0.25, -0.2) is 8.42 Å². The summed E-state index contributed by atoms with van der Waals surface area (Å²) in [6.45, 7) is 5.84. The number of hydrogen-bond donors (Lipinski definition) is 2. The second-order valence-electron chi connectivity index (χ2n) is 7.49. The van der Waals surface area contributed by atoms with Gasteiger partial charge in [-0.05, 0) is 79.4 Å². The van der Waals surface area contributed by atoms with Crippen LogP contribution in [0.1, 0.15) is 32.6 Å². The van der Waals surface area contributed by atoms with Gasteiger partial charge in [-0.15, -0.1) is 0 Å². The molecule has 0 aliphatic heterocycles. The molecule has 0 aromatic heterocycles. The molecule has 6 nitrogen and oxygen atoms in total. The second kappa shape index (κ2) is 9.22. The highest BCUT2D eigenvalue weighted by atomic mass is 32.2. The third-order valence-electron chi connectivity index (χ3n) is 4.83. The van der Waals surface area contributed by atoms with Crippen LogP contribution < -0.4 is 14.8 Å². The lowest BCUT2D eigenvalue weighted by Crippen LogP contribution is -2.23. The van der Waals surface area contributed by atoms with E-state index in [1.54, 1.807) is 38.3 Å². The summed E-state index contributed by atoms with van der Waals surface area (Å²) in [5.41, 5.74) is 4.16. The molecule has 0 unspecified atom stereocenters. The number of carbonyl (C=O) groups is 1. The maximum Gasteiger partial charge on any atom is 0.262 e. The van der Waals surface area contributed by atoms with Crippen molar-refractivity contribution in [2.24, 2.45) is 0 Å². The Kier molecular flexibility index (Phi) is 6.65. The van der Waals surface area contributed by atoms with Gasteiger partial charge in [0.1, 0.15) is 5.75 Å².